The minimum absolute atomic E-state index is 0.0438. The Morgan fingerprint density at radius 3 is 2.92 bits per heavy atom. The molecular formula is C11H17BrN3O8P. The Kier molecular flexibility index (Phi) is 6.02. The molecule has 1 fully saturated rings. The second-order valence-electron chi connectivity index (χ2n) is 5.27. The predicted octanol–water partition coefficient (Wildman–Crippen LogP) is -0.705. The van der Waals surface area contributed by atoms with Crippen LogP contribution in [0.3, 0.4) is 0 Å². The van der Waals surface area contributed by atoms with Crippen molar-refractivity contribution in [1.29, 1.82) is 0 Å². The summed E-state index contributed by atoms with van der Waals surface area (Å²) in [5.74, 6) is -1.48. The van der Waals surface area contributed by atoms with E-state index in [0.29, 0.717) is 4.48 Å². The molecule has 1 saturated heterocycles. The number of hydrogen-bond donors (Lipinski definition) is 5. The molecule has 6 N–H and O–H groups in total. The van der Waals surface area contributed by atoms with Crippen molar-refractivity contribution in [3.63, 3.8) is 0 Å². The van der Waals surface area contributed by atoms with Crippen molar-refractivity contribution < 1.29 is 38.5 Å². The van der Waals surface area contributed by atoms with Crippen LogP contribution in [0.4, 0.5) is 4.79 Å². The maximum atomic E-state index is 11.9. The van der Waals surface area contributed by atoms with E-state index in [-0.39, 0.29) is 6.42 Å². The van der Waals surface area contributed by atoms with Crippen LogP contribution in [-0.2, 0) is 18.6 Å². The number of aliphatic hydroxyl groups is 1. The lowest BCUT2D eigenvalue weighted by Crippen LogP contribution is -2.54. The molecule has 5 atom stereocenters. The average Bonchev–Trinajstić information content (AvgIpc) is 2.80. The highest BCUT2D eigenvalue weighted by molar-refractivity contribution is 9.11. The minimum atomic E-state index is -4.33. The Hall–Kier alpha value is -1.01. The van der Waals surface area contributed by atoms with E-state index >= 15 is 0 Å². The largest absolute Gasteiger partial charge is 0.481 e. The predicted molar refractivity (Wildman–Crippen MR) is 82.9 cm³/mol. The summed E-state index contributed by atoms with van der Waals surface area (Å²) < 4.78 is 22.2. The van der Waals surface area contributed by atoms with Crippen molar-refractivity contribution in [1.82, 2.24) is 10.2 Å². The molecule has 2 amide bonds. The Labute approximate surface area is 145 Å². The van der Waals surface area contributed by atoms with Crippen molar-refractivity contribution in [2.45, 2.75) is 31.0 Å². The molecule has 13 heteroatoms. The smallest absolute Gasteiger partial charge is 0.339 e. The zero-order valence-corrected chi connectivity index (χ0v) is 14.7. The number of rotatable bonds is 6. The number of nitrogens with one attached hydrogen (secondary N) is 1. The third-order valence-corrected chi connectivity index (χ3v) is 5.28. The van der Waals surface area contributed by atoms with Crippen LogP contribution in [-0.4, -0.2) is 69.4 Å². The normalized spacial score (nSPS) is 32.9. The summed E-state index contributed by atoms with van der Waals surface area (Å²) in [6.45, 7) is -0.488. The van der Waals surface area contributed by atoms with E-state index in [4.69, 9.17) is 15.6 Å². The summed E-state index contributed by atoms with van der Waals surface area (Å²) in [6.07, 6.45) is -3.15. The summed E-state index contributed by atoms with van der Waals surface area (Å²) in [4.78, 5) is 32.9. The zero-order valence-electron chi connectivity index (χ0n) is 12.2. The van der Waals surface area contributed by atoms with E-state index in [0.717, 1.165) is 0 Å². The van der Waals surface area contributed by atoms with Crippen molar-refractivity contribution >= 4 is 35.5 Å². The number of hydrogen-bond acceptors (Lipinski definition) is 7. The molecule has 2 heterocycles. The van der Waals surface area contributed by atoms with Crippen LogP contribution in [0, 0.1) is 0 Å². The highest BCUT2D eigenvalue weighted by Crippen LogP contribution is 2.42. The minimum Gasteiger partial charge on any atom is -0.481 e. The zero-order chi connectivity index (χ0) is 18.1. The first kappa shape index (κ1) is 19.3. The number of carboxylic acid groups (broad SMARTS) is 1. The first-order valence-corrected chi connectivity index (χ1v) is 9.38. The molecule has 2 rings (SSSR count). The SMILES string of the molecule is NC1NC(=O)N(C2CC(O)C(COP(=O)(O)CC(=O)O)O2)C=C1Br. The summed E-state index contributed by atoms with van der Waals surface area (Å²) in [5.41, 5.74) is 5.63. The fourth-order valence-corrected chi connectivity index (χ4v) is 3.35. The fourth-order valence-electron chi connectivity index (χ4n) is 2.20. The second kappa shape index (κ2) is 7.48. The first-order valence-electron chi connectivity index (χ1n) is 6.82. The molecule has 0 aromatic rings. The molecule has 0 bridgehead atoms. The van der Waals surface area contributed by atoms with Crippen LogP contribution < -0.4 is 11.1 Å². The van der Waals surface area contributed by atoms with Gasteiger partial charge in [-0.1, -0.05) is 15.9 Å². The lowest BCUT2D eigenvalue weighted by atomic mass is 10.2. The van der Waals surface area contributed by atoms with Crippen LogP contribution in [0.1, 0.15) is 6.42 Å². The van der Waals surface area contributed by atoms with E-state index in [1.165, 1.54) is 11.1 Å². The number of carbonyl (C=O) groups is 2. The van der Waals surface area contributed by atoms with Crippen LogP contribution in [0.15, 0.2) is 10.7 Å². The molecule has 0 spiro atoms. The van der Waals surface area contributed by atoms with E-state index in [1.807, 2.05) is 0 Å². The number of carbonyl (C=O) groups excluding carboxylic acids is 1. The van der Waals surface area contributed by atoms with Gasteiger partial charge < -0.3 is 35.4 Å². The summed E-state index contributed by atoms with van der Waals surface area (Å²) in [5, 5.41) is 21.0. The van der Waals surface area contributed by atoms with Gasteiger partial charge in [0.25, 0.3) is 0 Å². The van der Waals surface area contributed by atoms with Gasteiger partial charge in [-0.3, -0.25) is 14.3 Å². The third kappa shape index (κ3) is 4.76. The number of carboxylic acids is 1. The summed E-state index contributed by atoms with van der Waals surface area (Å²) >= 11 is 3.19. The third-order valence-electron chi connectivity index (χ3n) is 3.36. The van der Waals surface area contributed by atoms with Gasteiger partial charge in [-0.05, 0) is 0 Å². The lowest BCUT2D eigenvalue weighted by Gasteiger charge is -2.31. The standard InChI is InChI=1S/C11H17BrN3O8P/c12-5-2-15(11(19)14-10(5)13)8-1-6(16)7(23-8)3-22-24(20,21)4-9(17)18/h2,6-8,10,16H,1,3-4,13H2,(H,14,19)(H,17,18)(H,20,21). The van der Waals surface area contributed by atoms with Gasteiger partial charge in [-0.15, -0.1) is 0 Å². The molecule has 24 heavy (non-hydrogen) atoms. The number of nitrogens with zero attached hydrogens (tertiary/aromatic N) is 1. The second-order valence-corrected chi connectivity index (χ2v) is 8.03. The van der Waals surface area contributed by atoms with E-state index in [9.17, 15) is 24.2 Å². The van der Waals surface area contributed by atoms with Gasteiger partial charge in [0.1, 0.15) is 24.7 Å². The van der Waals surface area contributed by atoms with Gasteiger partial charge in [-0.2, -0.15) is 0 Å². The van der Waals surface area contributed by atoms with E-state index in [1.54, 1.807) is 0 Å². The van der Waals surface area contributed by atoms with Gasteiger partial charge in [0.15, 0.2) is 0 Å². The van der Waals surface area contributed by atoms with Crippen molar-refractivity contribution in [3.8, 4) is 0 Å². The highest BCUT2D eigenvalue weighted by Gasteiger charge is 2.41. The van der Waals surface area contributed by atoms with Crippen molar-refractivity contribution in [2.24, 2.45) is 5.73 Å². The molecule has 5 unspecified atom stereocenters. The van der Waals surface area contributed by atoms with Gasteiger partial charge >= 0.3 is 19.6 Å². The quantitative estimate of drug-likeness (QED) is 0.342. The number of aliphatic hydroxyl groups excluding tert-OH is 1. The Bertz CT molecular complexity index is 602. The average molecular weight is 430 g/mol. The van der Waals surface area contributed by atoms with Gasteiger partial charge in [0.05, 0.1) is 12.7 Å². The van der Waals surface area contributed by atoms with Crippen molar-refractivity contribution in [2.75, 3.05) is 12.8 Å². The van der Waals surface area contributed by atoms with Crippen LogP contribution in [0.5, 0.6) is 0 Å². The van der Waals surface area contributed by atoms with E-state index < -0.39 is 57.0 Å². The molecule has 136 valence electrons. The molecule has 2 aliphatic heterocycles. The number of urea groups is 1. The summed E-state index contributed by atoms with van der Waals surface area (Å²) in [6, 6.07) is -0.525. The topological polar surface area (TPSA) is 172 Å². The first-order chi connectivity index (χ1) is 11.1. The Morgan fingerprint density at radius 2 is 2.29 bits per heavy atom. The molecule has 0 saturated carbocycles. The van der Waals surface area contributed by atoms with Crippen LogP contribution in [0.2, 0.25) is 0 Å². The monoisotopic (exact) mass is 429 g/mol. The summed E-state index contributed by atoms with van der Waals surface area (Å²) in [7, 11) is -4.33. The number of amides is 2. The van der Waals surface area contributed by atoms with Gasteiger partial charge in [-0.25, -0.2) is 4.79 Å². The Balaban J connectivity index is 1.96. The molecule has 0 radical (unpaired) electrons. The van der Waals surface area contributed by atoms with Crippen molar-refractivity contribution in [3.05, 3.63) is 10.7 Å². The molecule has 0 aromatic heterocycles. The van der Waals surface area contributed by atoms with Gasteiger partial charge in [0.2, 0.25) is 0 Å². The molecular weight excluding hydrogens is 413 g/mol. The maximum absolute atomic E-state index is 11.9. The maximum Gasteiger partial charge on any atom is 0.339 e. The lowest BCUT2D eigenvalue weighted by molar-refractivity contribution is -0.134. The molecule has 11 nitrogen and oxygen atoms in total. The molecule has 0 aromatic carbocycles. The van der Waals surface area contributed by atoms with Gasteiger partial charge in [0, 0.05) is 17.1 Å². The molecule has 2 aliphatic rings. The number of halogens is 1. The highest BCUT2D eigenvalue weighted by atomic mass is 79.9. The molecule has 0 aliphatic carbocycles. The number of aliphatic carboxylic acids is 1. The number of nitrogens with two attached hydrogens (primary N) is 1. The number of ether oxygens (including phenoxy) is 1. The van der Waals surface area contributed by atoms with Crippen LogP contribution >= 0.6 is 23.5 Å². The van der Waals surface area contributed by atoms with E-state index in [2.05, 4.69) is 25.8 Å². The Morgan fingerprint density at radius 1 is 1.62 bits per heavy atom. The van der Waals surface area contributed by atoms with Crippen LogP contribution in [0.25, 0.3) is 0 Å². The fraction of sp³-hybridized carbons (Fsp3) is 0.636.